The van der Waals surface area contributed by atoms with E-state index in [2.05, 4.69) is 4.90 Å². The normalized spacial score (nSPS) is 29.3. The molecule has 1 N–H and O–H groups in total. The highest BCUT2D eigenvalue weighted by molar-refractivity contribution is 4.57. The van der Waals surface area contributed by atoms with Crippen LogP contribution in [0.1, 0.15) is 0 Å². The maximum absolute atomic E-state index is 5.72. The van der Waals surface area contributed by atoms with Crippen molar-refractivity contribution in [3.8, 4) is 0 Å². The van der Waals surface area contributed by atoms with Crippen LogP contribution in [-0.2, 0) is 28.4 Å². The number of hydrogen-bond donors (Lipinski definition) is 1. The summed E-state index contributed by atoms with van der Waals surface area (Å²) < 4.78 is 34.3. The largest absolute Gasteiger partial charge is 1.00 e. The Labute approximate surface area is 169 Å². The van der Waals surface area contributed by atoms with Gasteiger partial charge in [0.25, 0.3) is 0 Å². The van der Waals surface area contributed by atoms with E-state index in [0.29, 0.717) is 59.5 Å². The second-order valence-corrected chi connectivity index (χ2v) is 6.52. The van der Waals surface area contributed by atoms with Gasteiger partial charge in [0, 0.05) is 19.6 Å². The van der Waals surface area contributed by atoms with Gasteiger partial charge >= 0.3 is 0 Å². The summed E-state index contributed by atoms with van der Waals surface area (Å²) in [6.07, 6.45) is 0. The maximum atomic E-state index is 5.72. The predicted molar refractivity (Wildman–Crippen MR) is 96.9 cm³/mol. The standard InChI is InChI=1S/C18H36N2O6.ClH/c1-7-21-13-14-24-10-4-20-5-11-25-17-15-22-8-2-19(1)3-9-23-16-18-26-12-6-20;/h1-18H2;1H. The highest BCUT2D eigenvalue weighted by atomic mass is 35.5. The smallest absolute Gasteiger partial charge is 0.101 e. The minimum atomic E-state index is 0. The van der Waals surface area contributed by atoms with Gasteiger partial charge in [-0.25, -0.2) is 0 Å². The lowest BCUT2D eigenvalue weighted by molar-refractivity contribution is -0.901. The summed E-state index contributed by atoms with van der Waals surface area (Å²) in [5.74, 6) is 0. The van der Waals surface area contributed by atoms with E-state index in [1.54, 1.807) is 0 Å². The molecule has 3 aliphatic rings. The summed E-state index contributed by atoms with van der Waals surface area (Å²) in [4.78, 5) is 3.75. The molecule has 9 heteroatoms. The summed E-state index contributed by atoms with van der Waals surface area (Å²) in [5.41, 5.74) is 0. The van der Waals surface area contributed by atoms with Crippen molar-refractivity contribution in [2.45, 2.75) is 0 Å². The van der Waals surface area contributed by atoms with Gasteiger partial charge in [0.2, 0.25) is 0 Å². The van der Waals surface area contributed by atoms with Crippen molar-refractivity contribution < 1.29 is 45.7 Å². The van der Waals surface area contributed by atoms with Crippen LogP contribution >= 0.6 is 0 Å². The van der Waals surface area contributed by atoms with Crippen LogP contribution in [0.25, 0.3) is 0 Å². The van der Waals surface area contributed by atoms with Gasteiger partial charge in [0.15, 0.2) is 0 Å². The average Bonchev–Trinajstić information content (AvgIpc) is 2.65. The molecular formula is C18H37ClN2O6. The van der Waals surface area contributed by atoms with E-state index in [1.807, 2.05) is 0 Å². The Morgan fingerprint density at radius 3 is 1.04 bits per heavy atom. The van der Waals surface area contributed by atoms with E-state index in [1.165, 1.54) is 4.90 Å². The van der Waals surface area contributed by atoms with Gasteiger partial charge in [-0.2, -0.15) is 0 Å². The zero-order valence-electron chi connectivity index (χ0n) is 16.5. The molecule has 0 aliphatic carbocycles. The SMILES string of the molecule is C1COCC[NH+]2CCOCCOCCN(CCO1)CCOCCOCC2.[Cl-]. The van der Waals surface area contributed by atoms with Crippen LogP contribution in [0.15, 0.2) is 0 Å². The molecule has 0 saturated carbocycles. The lowest BCUT2D eigenvalue weighted by atomic mass is 10.4. The van der Waals surface area contributed by atoms with Crippen LogP contribution in [0.4, 0.5) is 0 Å². The third-order valence-corrected chi connectivity index (χ3v) is 4.57. The number of fused-ring (bicyclic) bond motifs is 21. The van der Waals surface area contributed by atoms with Crippen molar-refractivity contribution in [1.82, 2.24) is 4.90 Å². The van der Waals surface area contributed by atoms with E-state index in [-0.39, 0.29) is 12.4 Å². The Balaban J connectivity index is 0.00000364. The molecule has 0 radical (unpaired) electrons. The van der Waals surface area contributed by atoms with Crippen LogP contribution < -0.4 is 17.3 Å². The first-order chi connectivity index (χ1) is 12.9. The van der Waals surface area contributed by atoms with Crippen molar-refractivity contribution in [2.24, 2.45) is 0 Å². The molecule has 0 atom stereocenters. The quantitative estimate of drug-likeness (QED) is 0.429. The second kappa shape index (κ2) is 18.0. The zero-order chi connectivity index (χ0) is 18.1. The summed E-state index contributed by atoms with van der Waals surface area (Å²) in [6, 6.07) is 0. The lowest BCUT2D eigenvalue weighted by Crippen LogP contribution is -3.13. The third-order valence-electron chi connectivity index (χ3n) is 4.57. The molecule has 3 saturated heterocycles. The second-order valence-electron chi connectivity index (χ2n) is 6.52. The molecule has 3 fully saturated rings. The minimum Gasteiger partial charge on any atom is -1.00 e. The van der Waals surface area contributed by atoms with Crippen molar-refractivity contribution >= 4 is 0 Å². The molecule has 0 amide bonds. The number of nitrogens with one attached hydrogen (secondary N) is 1. The molecule has 3 aliphatic heterocycles. The Bertz CT molecular complexity index is 253. The van der Waals surface area contributed by atoms with Crippen LogP contribution in [0.3, 0.4) is 0 Å². The van der Waals surface area contributed by atoms with Gasteiger partial charge in [-0.15, -0.1) is 0 Å². The number of rotatable bonds is 0. The first kappa shape index (κ1) is 25.0. The maximum Gasteiger partial charge on any atom is 0.101 e. The van der Waals surface area contributed by atoms with E-state index in [0.717, 1.165) is 59.1 Å². The molecule has 2 bridgehead atoms. The number of ether oxygens (including phenoxy) is 6. The molecule has 0 unspecified atom stereocenters. The highest BCUT2D eigenvalue weighted by Crippen LogP contribution is 1.93. The lowest BCUT2D eigenvalue weighted by Gasteiger charge is -2.23. The van der Waals surface area contributed by atoms with E-state index >= 15 is 0 Å². The van der Waals surface area contributed by atoms with Gasteiger partial charge in [-0.05, 0) is 0 Å². The molecular weight excluding hydrogens is 376 g/mol. The average molecular weight is 413 g/mol. The van der Waals surface area contributed by atoms with Crippen LogP contribution in [-0.4, -0.2) is 123 Å². The fraction of sp³-hybridized carbons (Fsp3) is 1.00. The molecule has 0 spiro atoms. The van der Waals surface area contributed by atoms with Crippen molar-refractivity contribution in [2.75, 3.05) is 119 Å². The van der Waals surface area contributed by atoms with Crippen molar-refractivity contribution in [1.29, 1.82) is 0 Å². The number of halogens is 1. The molecule has 27 heavy (non-hydrogen) atoms. The van der Waals surface area contributed by atoms with Crippen molar-refractivity contribution in [3.05, 3.63) is 0 Å². The topological polar surface area (TPSA) is 63.1 Å². The zero-order valence-corrected chi connectivity index (χ0v) is 17.3. The van der Waals surface area contributed by atoms with Gasteiger partial charge in [-0.3, -0.25) is 4.90 Å². The van der Waals surface area contributed by atoms with Crippen molar-refractivity contribution in [3.63, 3.8) is 0 Å². The van der Waals surface area contributed by atoms with Gasteiger partial charge in [0.1, 0.15) is 19.6 Å². The van der Waals surface area contributed by atoms with E-state index in [9.17, 15) is 0 Å². The fourth-order valence-corrected chi connectivity index (χ4v) is 2.91. The Kier molecular flexibility index (Phi) is 16.7. The Morgan fingerprint density at radius 1 is 0.407 bits per heavy atom. The van der Waals surface area contributed by atoms with Crippen LogP contribution in [0, 0.1) is 0 Å². The summed E-state index contributed by atoms with van der Waals surface area (Å²) in [6.45, 7) is 13.6. The highest BCUT2D eigenvalue weighted by Gasteiger charge is 2.10. The Morgan fingerprint density at radius 2 is 0.704 bits per heavy atom. The molecule has 3 heterocycles. The Hall–Kier alpha value is -0.0300. The molecule has 0 aromatic heterocycles. The first-order valence-corrected chi connectivity index (χ1v) is 9.97. The summed E-state index contributed by atoms with van der Waals surface area (Å²) in [7, 11) is 0. The molecule has 3 rings (SSSR count). The number of quaternary nitrogens is 1. The number of nitrogens with zero attached hydrogens (tertiary/aromatic N) is 1. The van der Waals surface area contributed by atoms with Crippen LogP contribution in [0.2, 0.25) is 0 Å². The van der Waals surface area contributed by atoms with E-state index < -0.39 is 0 Å². The predicted octanol–water partition coefficient (Wildman–Crippen LogP) is -4.70. The first-order valence-electron chi connectivity index (χ1n) is 9.97. The molecule has 0 aromatic carbocycles. The van der Waals surface area contributed by atoms with E-state index in [4.69, 9.17) is 28.4 Å². The molecule has 0 aromatic rings. The van der Waals surface area contributed by atoms with Gasteiger partial charge in [0.05, 0.1) is 79.3 Å². The molecule has 162 valence electrons. The monoisotopic (exact) mass is 412 g/mol. The van der Waals surface area contributed by atoms with Crippen LogP contribution in [0.5, 0.6) is 0 Å². The number of hydrogen-bond acceptors (Lipinski definition) is 7. The fourth-order valence-electron chi connectivity index (χ4n) is 2.91. The van der Waals surface area contributed by atoms with Gasteiger partial charge in [-0.1, -0.05) is 0 Å². The van der Waals surface area contributed by atoms with Gasteiger partial charge < -0.3 is 45.7 Å². The summed E-state index contributed by atoms with van der Waals surface area (Å²) in [5, 5.41) is 0. The molecule has 8 nitrogen and oxygen atoms in total. The minimum absolute atomic E-state index is 0. The summed E-state index contributed by atoms with van der Waals surface area (Å²) >= 11 is 0. The third kappa shape index (κ3) is 13.7.